The molecule has 3 nitrogen and oxygen atoms in total. The maximum absolute atomic E-state index is 10.9. The molecule has 0 saturated heterocycles. The minimum Gasteiger partial charge on any atom is -0.488 e. The van der Waals surface area contributed by atoms with Gasteiger partial charge in [-0.05, 0) is 46.1 Å². The first kappa shape index (κ1) is 14.5. The molecule has 0 aromatic heterocycles. The molecule has 17 heavy (non-hydrogen) atoms. The van der Waals surface area contributed by atoms with Crippen LogP contribution in [0.2, 0.25) is 0 Å². The summed E-state index contributed by atoms with van der Waals surface area (Å²) < 4.78 is 28.0. The molecule has 0 fully saturated rings. The molecular formula is C11H12BrClO3S. The van der Waals surface area contributed by atoms with Crippen LogP contribution in [0, 0.1) is 0 Å². The van der Waals surface area contributed by atoms with Crippen LogP contribution in [0.4, 0.5) is 0 Å². The summed E-state index contributed by atoms with van der Waals surface area (Å²) in [6, 6.07) is 5.04. The van der Waals surface area contributed by atoms with Gasteiger partial charge in [0.05, 0.1) is 10.2 Å². The molecule has 1 rings (SSSR count). The second-order valence-electron chi connectivity index (χ2n) is 3.69. The molecule has 0 heterocycles. The fourth-order valence-electron chi connectivity index (χ4n) is 1.15. The standard InChI is InChI=1S/C11H12BrClO3S/c1-8(2)6-16-11-4-3-9(5-10(11)12)7-17(13,14)15/h3-5H,1,6-7H2,2H3. The average Bonchev–Trinajstić information content (AvgIpc) is 2.13. The molecule has 1 aromatic rings. The van der Waals surface area contributed by atoms with Crippen molar-refractivity contribution in [2.45, 2.75) is 12.7 Å². The van der Waals surface area contributed by atoms with Gasteiger partial charge in [0, 0.05) is 10.7 Å². The Balaban J connectivity index is 2.83. The lowest BCUT2D eigenvalue weighted by molar-refractivity contribution is 0.350. The molecule has 6 heteroatoms. The van der Waals surface area contributed by atoms with E-state index in [0.29, 0.717) is 22.4 Å². The highest BCUT2D eigenvalue weighted by atomic mass is 79.9. The van der Waals surface area contributed by atoms with Crippen LogP contribution < -0.4 is 4.74 Å². The van der Waals surface area contributed by atoms with Gasteiger partial charge in [-0.25, -0.2) is 8.42 Å². The third-order valence-electron chi connectivity index (χ3n) is 1.81. The van der Waals surface area contributed by atoms with Gasteiger partial charge >= 0.3 is 0 Å². The zero-order valence-corrected chi connectivity index (χ0v) is 12.4. The SMILES string of the molecule is C=C(C)COc1ccc(CS(=O)(=O)Cl)cc1Br. The van der Waals surface area contributed by atoms with Gasteiger partial charge in [-0.15, -0.1) is 0 Å². The minimum atomic E-state index is -3.54. The maximum Gasteiger partial charge on any atom is 0.236 e. The van der Waals surface area contributed by atoms with E-state index in [1.807, 2.05) is 6.92 Å². The van der Waals surface area contributed by atoms with E-state index in [-0.39, 0.29) is 5.75 Å². The summed E-state index contributed by atoms with van der Waals surface area (Å²) in [5, 5.41) is 0. The van der Waals surface area contributed by atoms with Crippen molar-refractivity contribution in [2.24, 2.45) is 0 Å². The molecular weight excluding hydrogens is 328 g/mol. The van der Waals surface area contributed by atoms with E-state index >= 15 is 0 Å². The third kappa shape index (κ3) is 5.57. The summed E-state index contributed by atoms with van der Waals surface area (Å²) in [5.74, 6) is 0.442. The molecule has 0 atom stereocenters. The van der Waals surface area contributed by atoms with E-state index in [4.69, 9.17) is 15.4 Å². The van der Waals surface area contributed by atoms with Crippen molar-refractivity contribution >= 4 is 35.7 Å². The fourth-order valence-corrected chi connectivity index (χ4v) is 2.65. The van der Waals surface area contributed by atoms with Gasteiger partial charge in [0.2, 0.25) is 9.05 Å². The van der Waals surface area contributed by atoms with Gasteiger partial charge < -0.3 is 4.74 Å². The lowest BCUT2D eigenvalue weighted by Crippen LogP contribution is -1.99. The Hall–Kier alpha value is -0.520. The van der Waals surface area contributed by atoms with Crippen molar-refractivity contribution in [3.63, 3.8) is 0 Å². The number of ether oxygens (including phenoxy) is 1. The Morgan fingerprint density at radius 2 is 2.18 bits per heavy atom. The number of hydrogen-bond acceptors (Lipinski definition) is 3. The van der Waals surface area contributed by atoms with E-state index < -0.39 is 9.05 Å². The van der Waals surface area contributed by atoms with Crippen molar-refractivity contribution in [3.8, 4) is 5.75 Å². The minimum absolute atomic E-state index is 0.200. The second-order valence-corrected chi connectivity index (χ2v) is 7.33. The Kier molecular flexibility index (Phi) is 5.04. The zero-order chi connectivity index (χ0) is 13.1. The van der Waals surface area contributed by atoms with Gasteiger partial charge in [-0.3, -0.25) is 0 Å². The molecule has 0 spiro atoms. The maximum atomic E-state index is 10.9. The first-order valence-corrected chi connectivity index (χ1v) is 8.03. The molecule has 0 aliphatic heterocycles. The molecule has 0 N–H and O–H groups in total. The lowest BCUT2D eigenvalue weighted by atomic mass is 10.2. The first-order chi connectivity index (χ1) is 7.78. The summed E-state index contributed by atoms with van der Waals surface area (Å²) in [6.07, 6.45) is 0. The van der Waals surface area contributed by atoms with E-state index in [1.165, 1.54) is 0 Å². The van der Waals surface area contributed by atoms with Gasteiger partial charge in [0.15, 0.2) is 0 Å². The van der Waals surface area contributed by atoms with Gasteiger partial charge in [0.25, 0.3) is 0 Å². The monoisotopic (exact) mass is 338 g/mol. The highest BCUT2D eigenvalue weighted by Gasteiger charge is 2.09. The summed E-state index contributed by atoms with van der Waals surface area (Å²) >= 11 is 3.31. The van der Waals surface area contributed by atoms with Crippen molar-refractivity contribution in [1.82, 2.24) is 0 Å². The fraction of sp³-hybridized carbons (Fsp3) is 0.273. The Morgan fingerprint density at radius 3 is 2.65 bits per heavy atom. The van der Waals surface area contributed by atoms with Crippen molar-refractivity contribution in [2.75, 3.05) is 6.61 Å². The largest absolute Gasteiger partial charge is 0.488 e. The van der Waals surface area contributed by atoms with Crippen LogP contribution in [0.1, 0.15) is 12.5 Å². The van der Waals surface area contributed by atoms with Crippen LogP contribution in [-0.2, 0) is 14.8 Å². The number of rotatable bonds is 5. The predicted molar refractivity (Wildman–Crippen MR) is 72.9 cm³/mol. The number of benzene rings is 1. The Bertz CT molecular complexity index is 526. The summed E-state index contributed by atoms with van der Waals surface area (Å²) in [6.45, 7) is 6.01. The van der Waals surface area contributed by atoms with Crippen LogP contribution in [0.5, 0.6) is 5.75 Å². The van der Waals surface area contributed by atoms with Crippen LogP contribution >= 0.6 is 26.6 Å². The van der Waals surface area contributed by atoms with Crippen molar-refractivity contribution < 1.29 is 13.2 Å². The van der Waals surface area contributed by atoms with E-state index in [2.05, 4.69) is 22.5 Å². The average molecular weight is 340 g/mol. The summed E-state index contributed by atoms with van der Waals surface area (Å²) in [7, 11) is 1.64. The molecule has 0 saturated carbocycles. The number of halogens is 2. The van der Waals surface area contributed by atoms with Crippen molar-refractivity contribution in [1.29, 1.82) is 0 Å². The molecule has 0 unspecified atom stereocenters. The molecule has 94 valence electrons. The van der Waals surface area contributed by atoms with E-state index in [0.717, 1.165) is 5.57 Å². The van der Waals surface area contributed by atoms with Crippen LogP contribution in [0.15, 0.2) is 34.8 Å². The van der Waals surface area contributed by atoms with Gasteiger partial charge in [0.1, 0.15) is 12.4 Å². The molecule has 0 radical (unpaired) electrons. The predicted octanol–water partition coefficient (Wildman–Crippen LogP) is 3.47. The molecule has 0 amide bonds. The van der Waals surface area contributed by atoms with E-state index in [9.17, 15) is 8.42 Å². The molecule has 0 aliphatic rings. The van der Waals surface area contributed by atoms with Crippen LogP contribution in [0.3, 0.4) is 0 Å². The van der Waals surface area contributed by atoms with Gasteiger partial charge in [-0.1, -0.05) is 12.6 Å². The third-order valence-corrected chi connectivity index (χ3v) is 3.43. The molecule has 1 aromatic carbocycles. The smallest absolute Gasteiger partial charge is 0.236 e. The highest BCUT2D eigenvalue weighted by molar-refractivity contribution is 9.10. The Morgan fingerprint density at radius 1 is 1.53 bits per heavy atom. The van der Waals surface area contributed by atoms with Crippen molar-refractivity contribution in [3.05, 3.63) is 40.4 Å². The summed E-state index contributed by atoms with van der Waals surface area (Å²) in [4.78, 5) is 0. The molecule has 0 bridgehead atoms. The lowest BCUT2D eigenvalue weighted by Gasteiger charge is -2.09. The van der Waals surface area contributed by atoms with Gasteiger partial charge in [-0.2, -0.15) is 0 Å². The van der Waals surface area contributed by atoms with E-state index in [1.54, 1.807) is 18.2 Å². The normalized spacial score (nSPS) is 11.2. The first-order valence-electron chi connectivity index (χ1n) is 4.76. The summed E-state index contributed by atoms with van der Waals surface area (Å²) in [5.41, 5.74) is 1.51. The topological polar surface area (TPSA) is 43.4 Å². The highest BCUT2D eigenvalue weighted by Crippen LogP contribution is 2.27. The number of hydrogen-bond donors (Lipinski definition) is 0. The van der Waals surface area contributed by atoms with Crippen LogP contribution in [0.25, 0.3) is 0 Å². The zero-order valence-electron chi connectivity index (χ0n) is 9.24. The van der Waals surface area contributed by atoms with Crippen LogP contribution in [-0.4, -0.2) is 15.0 Å². The molecule has 0 aliphatic carbocycles. The quantitative estimate of drug-likeness (QED) is 0.609. The second kappa shape index (κ2) is 5.89. The Labute approximate surface area is 114 Å².